The van der Waals surface area contributed by atoms with Gasteiger partial charge in [-0.05, 0) is 37.1 Å². The van der Waals surface area contributed by atoms with Gasteiger partial charge in [0.2, 0.25) is 11.8 Å². The summed E-state index contributed by atoms with van der Waals surface area (Å²) in [5.74, 6) is 0.862. The summed E-state index contributed by atoms with van der Waals surface area (Å²) in [4.78, 5) is 22.6. The second kappa shape index (κ2) is 7.38. The molecule has 5 nitrogen and oxygen atoms in total. The van der Waals surface area contributed by atoms with E-state index in [4.69, 9.17) is 4.74 Å². The lowest BCUT2D eigenvalue weighted by Crippen LogP contribution is -2.39. The van der Waals surface area contributed by atoms with Crippen LogP contribution in [0.2, 0.25) is 0 Å². The molecule has 0 bridgehead atoms. The molecule has 0 saturated carbocycles. The van der Waals surface area contributed by atoms with Crippen LogP contribution in [0.1, 0.15) is 37.8 Å². The second-order valence-electron chi connectivity index (χ2n) is 5.84. The van der Waals surface area contributed by atoms with Crippen LogP contribution in [0.4, 0.5) is 4.39 Å². The number of likely N-dealkylation sites (tertiary alicyclic amines) is 1. The number of hydrogen-bond acceptors (Lipinski definition) is 4. The molecule has 0 spiro atoms. The zero-order valence-electron chi connectivity index (χ0n) is 13.6. The van der Waals surface area contributed by atoms with E-state index in [1.54, 1.807) is 24.5 Å². The number of hydrogen-bond donors (Lipinski definition) is 0. The average Bonchev–Trinajstić information content (AvgIpc) is 2.63. The van der Waals surface area contributed by atoms with Crippen LogP contribution in [0.15, 0.2) is 36.7 Å². The molecule has 1 amide bonds. The van der Waals surface area contributed by atoms with Crippen molar-refractivity contribution in [2.75, 3.05) is 13.1 Å². The third kappa shape index (κ3) is 3.69. The van der Waals surface area contributed by atoms with E-state index < -0.39 is 0 Å². The van der Waals surface area contributed by atoms with Crippen molar-refractivity contribution in [1.29, 1.82) is 0 Å². The van der Waals surface area contributed by atoms with Gasteiger partial charge in [0.1, 0.15) is 17.3 Å². The minimum Gasteiger partial charge on any atom is -0.437 e. The average molecular weight is 329 g/mol. The van der Waals surface area contributed by atoms with E-state index in [0.717, 1.165) is 25.1 Å². The van der Waals surface area contributed by atoms with Gasteiger partial charge in [-0.2, -0.15) is 0 Å². The lowest BCUT2D eigenvalue weighted by Gasteiger charge is -2.32. The van der Waals surface area contributed by atoms with Crippen molar-refractivity contribution in [3.8, 4) is 11.6 Å². The first kappa shape index (κ1) is 16.4. The van der Waals surface area contributed by atoms with E-state index >= 15 is 0 Å². The van der Waals surface area contributed by atoms with Gasteiger partial charge in [0.25, 0.3) is 0 Å². The Balaban J connectivity index is 1.80. The minimum absolute atomic E-state index is 0.0957. The van der Waals surface area contributed by atoms with E-state index in [1.165, 1.54) is 12.1 Å². The van der Waals surface area contributed by atoms with Crippen LogP contribution < -0.4 is 4.74 Å². The quantitative estimate of drug-likeness (QED) is 0.861. The number of carbonyl (C=O) groups is 1. The maximum atomic E-state index is 13.0. The maximum absolute atomic E-state index is 13.0. The van der Waals surface area contributed by atoms with Crippen LogP contribution in [-0.2, 0) is 4.79 Å². The monoisotopic (exact) mass is 329 g/mol. The van der Waals surface area contributed by atoms with Crippen LogP contribution in [0, 0.1) is 5.82 Å². The fourth-order valence-electron chi connectivity index (χ4n) is 2.96. The molecule has 1 aliphatic heterocycles. The molecule has 2 aromatic rings. The largest absolute Gasteiger partial charge is 0.437 e. The van der Waals surface area contributed by atoms with E-state index in [-0.39, 0.29) is 17.6 Å². The molecule has 1 aromatic heterocycles. The fraction of sp³-hybridized carbons (Fsp3) is 0.389. The number of rotatable bonds is 4. The Morgan fingerprint density at radius 2 is 2.04 bits per heavy atom. The van der Waals surface area contributed by atoms with Gasteiger partial charge in [0.05, 0.1) is 0 Å². The van der Waals surface area contributed by atoms with Crippen LogP contribution >= 0.6 is 0 Å². The Morgan fingerprint density at radius 3 is 2.79 bits per heavy atom. The Bertz CT molecular complexity index is 706. The summed E-state index contributed by atoms with van der Waals surface area (Å²) in [5, 5.41) is 0. The predicted octanol–water partition coefficient (Wildman–Crippen LogP) is 3.52. The van der Waals surface area contributed by atoms with E-state index in [0.29, 0.717) is 24.6 Å². The Hall–Kier alpha value is -2.50. The molecular weight excluding hydrogens is 309 g/mol. The van der Waals surface area contributed by atoms with Crippen LogP contribution in [0.3, 0.4) is 0 Å². The summed E-state index contributed by atoms with van der Waals surface area (Å²) < 4.78 is 18.8. The smallest absolute Gasteiger partial charge is 0.241 e. The maximum Gasteiger partial charge on any atom is 0.241 e. The van der Waals surface area contributed by atoms with Gasteiger partial charge in [-0.3, -0.25) is 9.78 Å². The number of ether oxygens (including phenoxy) is 1. The number of carbonyl (C=O) groups excluding carboxylic acids is 1. The number of piperidine rings is 1. The lowest BCUT2D eigenvalue weighted by atomic mass is 9.94. The molecule has 2 heterocycles. The summed E-state index contributed by atoms with van der Waals surface area (Å²) in [7, 11) is 0. The molecule has 0 aliphatic carbocycles. The van der Waals surface area contributed by atoms with Gasteiger partial charge < -0.3 is 9.64 Å². The van der Waals surface area contributed by atoms with Crippen LogP contribution in [0.25, 0.3) is 0 Å². The third-order valence-corrected chi connectivity index (χ3v) is 4.18. The summed E-state index contributed by atoms with van der Waals surface area (Å²) in [6.45, 7) is 3.29. The topological polar surface area (TPSA) is 55.3 Å². The van der Waals surface area contributed by atoms with E-state index in [1.807, 2.05) is 11.8 Å². The van der Waals surface area contributed by atoms with Gasteiger partial charge in [-0.25, -0.2) is 9.37 Å². The van der Waals surface area contributed by atoms with Gasteiger partial charge in [-0.15, -0.1) is 0 Å². The summed E-state index contributed by atoms with van der Waals surface area (Å²) >= 11 is 0. The highest BCUT2D eigenvalue weighted by Crippen LogP contribution is 2.32. The molecular formula is C18H20FN3O2. The second-order valence-corrected chi connectivity index (χ2v) is 5.84. The van der Waals surface area contributed by atoms with Crippen molar-refractivity contribution in [2.24, 2.45) is 0 Å². The Labute approximate surface area is 140 Å². The van der Waals surface area contributed by atoms with Gasteiger partial charge in [0, 0.05) is 37.8 Å². The molecule has 0 N–H and O–H groups in total. The SMILES string of the molecule is CCC(=O)N1CCCC(c2nccnc2Oc2ccc(F)cc2)C1. The third-order valence-electron chi connectivity index (χ3n) is 4.18. The Morgan fingerprint density at radius 1 is 1.29 bits per heavy atom. The molecule has 6 heteroatoms. The normalized spacial score (nSPS) is 17.6. The molecule has 1 aromatic carbocycles. The Kier molecular flexibility index (Phi) is 5.03. The lowest BCUT2D eigenvalue weighted by molar-refractivity contribution is -0.132. The highest BCUT2D eigenvalue weighted by atomic mass is 19.1. The van der Waals surface area contributed by atoms with Crippen molar-refractivity contribution < 1.29 is 13.9 Å². The molecule has 126 valence electrons. The first-order chi connectivity index (χ1) is 11.7. The molecule has 3 rings (SSSR count). The summed E-state index contributed by atoms with van der Waals surface area (Å²) in [5.41, 5.74) is 0.746. The molecule has 0 radical (unpaired) electrons. The number of amides is 1. The van der Waals surface area contributed by atoms with Crippen LogP contribution in [0.5, 0.6) is 11.6 Å². The number of benzene rings is 1. The molecule has 1 unspecified atom stereocenters. The van der Waals surface area contributed by atoms with Gasteiger partial charge in [-0.1, -0.05) is 6.92 Å². The van der Waals surface area contributed by atoms with Gasteiger partial charge in [0.15, 0.2) is 0 Å². The molecule has 1 atom stereocenters. The highest BCUT2D eigenvalue weighted by molar-refractivity contribution is 5.76. The van der Waals surface area contributed by atoms with E-state index in [2.05, 4.69) is 9.97 Å². The number of halogens is 1. The van der Waals surface area contributed by atoms with Crippen molar-refractivity contribution in [3.05, 3.63) is 48.2 Å². The molecule has 1 aliphatic rings. The fourth-order valence-corrected chi connectivity index (χ4v) is 2.96. The standard InChI is InChI=1S/C18H20FN3O2/c1-2-16(23)22-11-3-4-13(12-22)17-18(21-10-9-20-17)24-15-7-5-14(19)6-8-15/h5-10,13H,2-4,11-12H2,1H3. The zero-order valence-corrected chi connectivity index (χ0v) is 13.6. The summed E-state index contributed by atoms with van der Waals surface area (Å²) in [6.07, 6.45) is 5.58. The summed E-state index contributed by atoms with van der Waals surface area (Å²) in [6, 6.07) is 5.80. The van der Waals surface area contributed by atoms with Crippen molar-refractivity contribution in [1.82, 2.24) is 14.9 Å². The first-order valence-electron chi connectivity index (χ1n) is 8.19. The number of nitrogens with zero attached hydrogens (tertiary/aromatic N) is 3. The highest BCUT2D eigenvalue weighted by Gasteiger charge is 2.27. The van der Waals surface area contributed by atoms with Crippen molar-refractivity contribution >= 4 is 5.91 Å². The van der Waals surface area contributed by atoms with Crippen molar-refractivity contribution in [2.45, 2.75) is 32.1 Å². The number of aromatic nitrogens is 2. The first-order valence-corrected chi connectivity index (χ1v) is 8.19. The minimum atomic E-state index is -0.317. The molecule has 1 saturated heterocycles. The zero-order chi connectivity index (χ0) is 16.9. The van der Waals surface area contributed by atoms with Crippen LogP contribution in [-0.4, -0.2) is 33.9 Å². The molecule has 24 heavy (non-hydrogen) atoms. The van der Waals surface area contributed by atoms with Crippen molar-refractivity contribution in [3.63, 3.8) is 0 Å². The van der Waals surface area contributed by atoms with Gasteiger partial charge >= 0.3 is 0 Å². The predicted molar refractivity (Wildman–Crippen MR) is 87.4 cm³/mol. The van der Waals surface area contributed by atoms with E-state index in [9.17, 15) is 9.18 Å². The molecule has 1 fully saturated rings.